The number of hydrogen-bond donors (Lipinski definition) is 1. The van der Waals surface area contributed by atoms with Crippen LogP contribution in [0.2, 0.25) is 0 Å². The second-order valence-electron chi connectivity index (χ2n) is 7.60. The minimum atomic E-state index is -0.323. The van der Waals surface area contributed by atoms with Crippen molar-refractivity contribution in [3.63, 3.8) is 0 Å². The van der Waals surface area contributed by atoms with Gasteiger partial charge in [0.25, 0.3) is 0 Å². The average Bonchev–Trinajstić information content (AvgIpc) is 3.23. The molecule has 1 fully saturated rings. The van der Waals surface area contributed by atoms with E-state index in [0.29, 0.717) is 29.9 Å². The van der Waals surface area contributed by atoms with Crippen LogP contribution in [0.4, 0.5) is 15.8 Å². The molecular formula is C24H26FN3O2. The van der Waals surface area contributed by atoms with Crippen molar-refractivity contribution in [1.82, 2.24) is 4.90 Å². The summed E-state index contributed by atoms with van der Waals surface area (Å²) in [5, 5.41) is 3.04. The number of para-hydroxylation sites is 2. The van der Waals surface area contributed by atoms with Gasteiger partial charge in [-0.1, -0.05) is 24.3 Å². The van der Waals surface area contributed by atoms with E-state index in [0.717, 1.165) is 37.6 Å². The summed E-state index contributed by atoms with van der Waals surface area (Å²) in [6.45, 7) is 3.89. The van der Waals surface area contributed by atoms with Crippen molar-refractivity contribution in [3.8, 4) is 11.3 Å². The molecule has 1 saturated heterocycles. The van der Waals surface area contributed by atoms with Crippen molar-refractivity contribution in [2.75, 3.05) is 43.4 Å². The number of piperazine rings is 1. The number of aryl methyl sites for hydroxylation is 1. The van der Waals surface area contributed by atoms with Crippen molar-refractivity contribution in [1.29, 1.82) is 0 Å². The van der Waals surface area contributed by atoms with Gasteiger partial charge in [-0.15, -0.1) is 0 Å². The molecule has 1 amide bonds. The van der Waals surface area contributed by atoms with E-state index >= 15 is 0 Å². The number of carbonyl (C=O) groups excluding carboxylic acids is 1. The summed E-state index contributed by atoms with van der Waals surface area (Å²) in [4.78, 5) is 17.2. The van der Waals surface area contributed by atoms with Crippen LogP contribution in [0, 0.1) is 5.82 Å². The molecule has 1 aromatic heterocycles. The highest BCUT2D eigenvalue weighted by Crippen LogP contribution is 2.28. The van der Waals surface area contributed by atoms with Gasteiger partial charge in [0.2, 0.25) is 5.91 Å². The Labute approximate surface area is 176 Å². The highest BCUT2D eigenvalue weighted by Gasteiger charge is 2.18. The molecule has 0 unspecified atom stereocenters. The number of benzene rings is 2. The molecule has 30 heavy (non-hydrogen) atoms. The van der Waals surface area contributed by atoms with Crippen LogP contribution in [0.5, 0.6) is 0 Å². The zero-order valence-corrected chi connectivity index (χ0v) is 17.1. The van der Waals surface area contributed by atoms with E-state index in [1.54, 1.807) is 30.3 Å². The Kier molecular flexibility index (Phi) is 6.14. The number of hydrogen-bond acceptors (Lipinski definition) is 4. The first kappa shape index (κ1) is 20.2. The summed E-state index contributed by atoms with van der Waals surface area (Å²) in [5.74, 6) is 0.747. The summed E-state index contributed by atoms with van der Waals surface area (Å²) in [6.07, 6.45) is 0.748. The Hall–Kier alpha value is -3.12. The van der Waals surface area contributed by atoms with Gasteiger partial charge >= 0.3 is 0 Å². The van der Waals surface area contributed by atoms with Crippen LogP contribution in [0.25, 0.3) is 11.3 Å². The minimum absolute atomic E-state index is 0.0691. The lowest BCUT2D eigenvalue weighted by Gasteiger charge is -2.35. The Morgan fingerprint density at radius 3 is 2.53 bits per heavy atom. The highest BCUT2D eigenvalue weighted by atomic mass is 19.1. The molecule has 2 heterocycles. The number of likely N-dealkylation sites (N-methyl/N-ethyl adjacent to an activating group) is 1. The first-order chi connectivity index (χ1) is 14.6. The summed E-state index contributed by atoms with van der Waals surface area (Å²) in [6, 6.07) is 18.0. The second kappa shape index (κ2) is 9.13. The van der Waals surface area contributed by atoms with Crippen molar-refractivity contribution in [3.05, 3.63) is 72.2 Å². The monoisotopic (exact) mass is 407 g/mol. The number of rotatable bonds is 6. The average molecular weight is 407 g/mol. The molecule has 1 aliphatic rings. The van der Waals surface area contributed by atoms with Crippen LogP contribution in [0.1, 0.15) is 12.2 Å². The Morgan fingerprint density at radius 2 is 1.73 bits per heavy atom. The summed E-state index contributed by atoms with van der Waals surface area (Å²) in [5.41, 5.74) is 2.31. The number of carbonyl (C=O) groups is 1. The topological polar surface area (TPSA) is 48.7 Å². The Balaban J connectivity index is 1.37. The van der Waals surface area contributed by atoms with E-state index in [2.05, 4.69) is 22.2 Å². The SMILES string of the molecule is CN1CCN(c2ccccc2NC(=O)CCc2ccc(-c3ccccc3F)o2)CC1. The molecule has 156 valence electrons. The van der Waals surface area contributed by atoms with E-state index in [1.807, 2.05) is 24.3 Å². The summed E-state index contributed by atoms with van der Waals surface area (Å²) >= 11 is 0. The lowest BCUT2D eigenvalue weighted by molar-refractivity contribution is -0.116. The third-order valence-electron chi connectivity index (χ3n) is 5.42. The molecule has 1 aliphatic heterocycles. The molecule has 0 bridgehead atoms. The first-order valence-electron chi connectivity index (χ1n) is 10.3. The van der Waals surface area contributed by atoms with Gasteiger partial charge in [-0.25, -0.2) is 4.39 Å². The van der Waals surface area contributed by atoms with Crippen molar-refractivity contribution >= 4 is 17.3 Å². The number of halogens is 1. The second-order valence-corrected chi connectivity index (χ2v) is 7.60. The molecule has 6 heteroatoms. The van der Waals surface area contributed by atoms with Gasteiger partial charge < -0.3 is 19.5 Å². The predicted octanol–water partition coefficient (Wildman–Crippen LogP) is 4.41. The number of nitrogens with zero attached hydrogens (tertiary/aromatic N) is 2. The van der Waals surface area contributed by atoms with Gasteiger partial charge in [0.15, 0.2) is 0 Å². The van der Waals surface area contributed by atoms with Gasteiger partial charge in [0.05, 0.1) is 16.9 Å². The maximum absolute atomic E-state index is 13.9. The molecule has 0 atom stereocenters. The van der Waals surface area contributed by atoms with Crippen molar-refractivity contribution in [2.24, 2.45) is 0 Å². The fourth-order valence-electron chi connectivity index (χ4n) is 3.67. The van der Waals surface area contributed by atoms with Crippen molar-refractivity contribution < 1.29 is 13.6 Å². The van der Waals surface area contributed by atoms with Crippen molar-refractivity contribution in [2.45, 2.75) is 12.8 Å². The van der Waals surface area contributed by atoms with E-state index in [1.165, 1.54) is 6.07 Å². The van der Waals surface area contributed by atoms with Crippen LogP contribution in [0.3, 0.4) is 0 Å². The largest absolute Gasteiger partial charge is 0.461 e. The zero-order valence-electron chi connectivity index (χ0n) is 17.1. The van der Waals surface area contributed by atoms with Crippen LogP contribution in [-0.4, -0.2) is 44.0 Å². The fourth-order valence-corrected chi connectivity index (χ4v) is 3.67. The number of nitrogens with one attached hydrogen (secondary N) is 1. The Morgan fingerprint density at radius 1 is 1.00 bits per heavy atom. The van der Waals surface area contributed by atoms with Crippen LogP contribution in [0.15, 0.2) is 65.1 Å². The van der Waals surface area contributed by atoms with Crippen LogP contribution in [-0.2, 0) is 11.2 Å². The Bertz CT molecular complexity index is 1010. The molecule has 2 aromatic carbocycles. The zero-order chi connectivity index (χ0) is 20.9. The molecular weight excluding hydrogens is 381 g/mol. The maximum Gasteiger partial charge on any atom is 0.224 e. The maximum atomic E-state index is 13.9. The normalized spacial score (nSPS) is 14.7. The van der Waals surface area contributed by atoms with E-state index in [9.17, 15) is 9.18 Å². The highest BCUT2D eigenvalue weighted by molar-refractivity contribution is 5.94. The number of amides is 1. The molecule has 1 N–H and O–H groups in total. The molecule has 4 rings (SSSR count). The molecule has 0 saturated carbocycles. The summed E-state index contributed by atoms with van der Waals surface area (Å²) < 4.78 is 19.7. The molecule has 0 spiro atoms. The number of furan rings is 1. The van der Waals surface area contributed by atoms with E-state index in [4.69, 9.17) is 4.42 Å². The molecule has 0 radical (unpaired) electrons. The predicted molar refractivity (Wildman–Crippen MR) is 117 cm³/mol. The third kappa shape index (κ3) is 4.71. The van der Waals surface area contributed by atoms with Gasteiger partial charge in [0.1, 0.15) is 17.3 Å². The van der Waals surface area contributed by atoms with Crippen LogP contribution < -0.4 is 10.2 Å². The number of anilines is 2. The summed E-state index contributed by atoms with van der Waals surface area (Å²) in [7, 11) is 2.12. The smallest absolute Gasteiger partial charge is 0.224 e. The van der Waals surface area contributed by atoms with E-state index < -0.39 is 0 Å². The third-order valence-corrected chi connectivity index (χ3v) is 5.42. The quantitative estimate of drug-likeness (QED) is 0.658. The van der Waals surface area contributed by atoms with E-state index in [-0.39, 0.29) is 11.7 Å². The fraction of sp³-hybridized carbons (Fsp3) is 0.292. The minimum Gasteiger partial charge on any atom is -0.461 e. The molecule has 5 nitrogen and oxygen atoms in total. The first-order valence-corrected chi connectivity index (χ1v) is 10.3. The standard InChI is InChI=1S/C24H26FN3O2/c1-27-14-16-28(17-15-27)22-9-5-4-8-21(22)26-24(29)13-11-18-10-12-23(30-18)19-6-2-3-7-20(19)25/h2-10,12H,11,13-17H2,1H3,(H,26,29). The lowest BCUT2D eigenvalue weighted by atomic mass is 10.1. The van der Waals surface area contributed by atoms with Gasteiger partial charge in [-0.2, -0.15) is 0 Å². The molecule has 0 aliphatic carbocycles. The molecule has 3 aromatic rings. The van der Waals surface area contributed by atoms with Gasteiger partial charge in [-0.3, -0.25) is 4.79 Å². The lowest BCUT2D eigenvalue weighted by Crippen LogP contribution is -2.44. The van der Waals surface area contributed by atoms with Gasteiger partial charge in [-0.05, 0) is 43.4 Å². The van der Waals surface area contributed by atoms with Gasteiger partial charge in [0, 0.05) is 39.0 Å². The van der Waals surface area contributed by atoms with Crippen LogP contribution >= 0.6 is 0 Å².